The molecule has 2 aromatic rings. The number of hydrogen-bond donors (Lipinski definition) is 0. The van der Waals surface area contributed by atoms with E-state index in [0.29, 0.717) is 0 Å². The van der Waals surface area contributed by atoms with Gasteiger partial charge in [0.1, 0.15) is 0 Å². The molecule has 1 aromatic heterocycles. The Labute approximate surface area is 112 Å². The molecule has 3 rings (SSSR count). The maximum atomic E-state index is 12.0. The van der Waals surface area contributed by atoms with E-state index >= 15 is 0 Å². The van der Waals surface area contributed by atoms with E-state index in [-0.39, 0.29) is 11.8 Å². The van der Waals surface area contributed by atoms with Crippen LogP contribution in [-0.4, -0.2) is 15.7 Å². The van der Waals surface area contributed by atoms with Crippen molar-refractivity contribution < 1.29 is 4.79 Å². The second-order valence-electron chi connectivity index (χ2n) is 4.90. The molecule has 0 aliphatic heterocycles. The standard InChI is InChI=1S/C16H16N2O/c19-16(14-7-4-8-14)18-12-11-15(17-18)10-9-13-5-2-1-3-6-13/h1-3,5-6,9-12,14H,4,7-8H2. The smallest absolute Gasteiger partial charge is 0.249 e. The highest BCUT2D eigenvalue weighted by atomic mass is 16.2. The molecule has 0 atom stereocenters. The van der Waals surface area contributed by atoms with Crippen LogP contribution in [0.1, 0.15) is 35.3 Å². The van der Waals surface area contributed by atoms with Gasteiger partial charge in [0, 0.05) is 12.1 Å². The van der Waals surface area contributed by atoms with Gasteiger partial charge >= 0.3 is 0 Å². The van der Waals surface area contributed by atoms with Gasteiger partial charge in [0.15, 0.2) is 0 Å². The monoisotopic (exact) mass is 252 g/mol. The van der Waals surface area contributed by atoms with Gasteiger partial charge in [-0.3, -0.25) is 4.79 Å². The second kappa shape index (κ2) is 5.22. The molecule has 0 bridgehead atoms. The highest BCUT2D eigenvalue weighted by Gasteiger charge is 2.26. The van der Waals surface area contributed by atoms with Crippen molar-refractivity contribution in [1.29, 1.82) is 0 Å². The van der Waals surface area contributed by atoms with Crippen LogP contribution in [0.5, 0.6) is 0 Å². The summed E-state index contributed by atoms with van der Waals surface area (Å²) in [7, 11) is 0. The van der Waals surface area contributed by atoms with E-state index in [1.165, 1.54) is 11.1 Å². The van der Waals surface area contributed by atoms with Crippen LogP contribution in [0.3, 0.4) is 0 Å². The highest BCUT2D eigenvalue weighted by Crippen LogP contribution is 2.27. The molecule has 1 aromatic carbocycles. The Hall–Kier alpha value is -2.16. The zero-order chi connectivity index (χ0) is 13.1. The zero-order valence-electron chi connectivity index (χ0n) is 10.7. The molecular weight excluding hydrogens is 236 g/mol. The summed E-state index contributed by atoms with van der Waals surface area (Å²) in [5.74, 6) is 0.316. The first-order valence-corrected chi connectivity index (χ1v) is 6.66. The van der Waals surface area contributed by atoms with Gasteiger partial charge in [-0.05, 0) is 30.5 Å². The van der Waals surface area contributed by atoms with Crippen LogP contribution < -0.4 is 0 Å². The SMILES string of the molecule is O=C(C1CCC1)n1ccc(C=Cc2ccccc2)n1. The first-order chi connectivity index (χ1) is 9.33. The number of carbonyl (C=O) groups is 1. The maximum Gasteiger partial charge on any atom is 0.249 e. The number of rotatable bonds is 3. The van der Waals surface area contributed by atoms with Crippen molar-refractivity contribution in [3.05, 3.63) is 53.9 Å². The molecule has 3 nitrogen and oxygen atoms in total. The maximum absolute atomic E-state index is 12.0. The van der Waals surface area contributed by atoms with E-state index in [9.17, 15) is 4.79 Å². The Bertz CT molecular complexity index is 594. The Balaban J connectivity index is 1.71. The van der Waals surface area contributed by atoms with Crippen LogP contribution >= 0.6 is 0 Å². The molecule has 0 saturated heterocycles. The van der Waals surface area contributed by atoms with Crippen molar-refractivity contribution in [2.24, 2.45) is 5.92 Å². The molecule has 0 N–H and O–H groups in total. The predicted octanol–water partition coefficient (Wildman–Crippen LogP) is 3.49. The summed E-state index contributed by atoms with van der Waals surface area (Å²) in [6.07, 6.45) is 8.87. The fraction of sp³-hybridized carbons (Fsp3) is 0.250. The average molecular weight is 252 g/mol. The van der Waals surface area contributed by atoms with Gasteiger partial charge in [-0.15, -0.1) is 0 Å². The van der Waals surface area contributed by atoms with Gasteiger partial charge in [0.25, 0.3) is 0 Å². The van der Waals surface area contributed by atoms with E-state index in [2.05, 4.69) is 5.10 Å². The van der Waals surface area contributed by atoms with Crippen LogP contribution in [0, 0.1) is 5.92 Å². The minimum atomic E-state index is 0.130. The number of carbonyl (C=O) groups excluding carboxylic acids is 1. The van der Waals surface area contributed by atoms with Crippen LogP contribution in [-0.2, 0) is 0 Å². The lowest BCUT2D eigenvalue weighted by molar-refractivity contribution is 0.0747. The Kier molecular flexibility index (Phi) is 3.27. The summed E-state index contributed by atoms with van der Waals surface area (Å²) in [5.41, 5.74) is 1.94. The molecule has 0 amide bonds. The van der Waals surface area contributed by atoms with Crippen molar-refractivity contribution in [3.63, 3.8) is 0 Å². The van der Waals surface area contributed by atoms with E-state index in [1.54, 1.807) is 6.20 Å². The van der Waals surface area contributed by atoms with Gasteiger partial charge in [0.2, 0.25) is 5.91 Å². The predicted molar refractivity (Wildman–Crippen MR) is 75.6 cm³/mol. The minimum absolute atomic E-state index is 0.130. The fourth-order valence-corrected chi connectivity index (χ4v) is 2.14. The summed E-state index contributed by atoms with van der Waals surface area (Å²) in [6.45, 7) is 0. The van der Waals surface area contributed by atoms with Crippen LogP contribution in [0.4, 0.5) is 0 Å². The number of aromatic nitrogens is 2. The van der Waals surface area contributed by atoms with Gasteiger partial charge < -0.3 is 0 Å². The summed E-state index contributed by atoms with van der Waals surface area (Å²) in [6, 6.07) is 11.9. The summed E-state index contributed by atoms with van der Waals surface area (Å²) >= 11 is 0. The molecule has 1 saturated carbocycles. The molecule has 1 aliphatic carbocycles. The summed E-state index contributed by atoms with van der Waals surface area (Å²) < 4.78 is 1.48. The number of benzene rings is 1. The van der Waals surface area contributed by atoms with Crippen molar-refractivity contribution in [1.82, 2.24) is 9.78 Å². The first-order valence-electron chi connectivity index (χ1n) is 6.66. The Morgan fingerprint density at radius 3 is 2.63 bits per heavy atom. The average Bonchev–Trinajstić information content (AvgIpc) is 2.84. The lowest BCUT2D eigenvalue weighted by Gasteiger charge is -2.22. The second-order valence-corrected chi connectivity index (χ2v) is 4.90. The molecule has 0 radical (unpaired) electrons. The summed E-state index contributed by atoms with van der Waals surface area (Å²) in [4.78, 5) is 12.0. The fourth-order valence-electron chi connectivity index (χ4n) is 2.14. The Morgan fingerprint density at radius 2 is 1.95 bits per heavy atom. The van der Waals surface area contributed by atoms with Gasteiger partial charge in [0.05, 0.1) is 5.69 Å². The minimum Gasteiger partial charge on any atom is -0.272 e. The number of hydrogen-bond acceptors (Lipinski definition) is 2. The molecule has 0 spiro atoms. The summed E-state index contributed by atoms with van der Waals surface area (Å²) in [5, 5.41) is 4.31. The molecule has 19 heavy (non-hydrogen) atoms. The van der Waals surface area contributed by atoms with Gasteiger partial charge in [-0.25, -0.2) is 4.68 Å². The first kappa shape index (κ1) is 11.9. The lowest BCUT2D eigenvalue weighted by atomic mass is 9.85. The molecular formula is C16H16N2O. The van der Waals surface area contributed by atoms with Crippen LogP contribution in [0.2, 0.25) is 0 Å². The molecule has 3 heteroatoms. The normalized spacial score (nSPS) is 15.6. The molecule has 0 unspecified atom stereocenters. The van der Waals surface area contributed by atoms with Crippen molar-refractivity contribution in [2.45, 2.75) is 19.3 Å². The molecule has 1 aliphatic rings. The topological polar surface area (TPSA) is 34.9 Å². The van der Waals surface area contributed by atoms with Crippen molar-refractivity contribution in [2.75, 3.05) is 0 Å². The zero-order valence-corrected chi connectivity index (χ0v) is 10.7. The molecule has 1 heterocycles. The lowest BCUT2D eigenvalue weighted by Crippen LogP contribution is -2.27. The third-order valence-electron chi connectivity index (χ3n) is 3.54. The largest absolute Gasteiger partial charge is 0.272 e. The van der Waals surface area contributed by atoms with E-state index in [0.717, 1.165) is 24.1 Å². The van der Waals surface area contributed by atoms with Gasteiger partial charge in [-0.2, -0.15) is 5.10 Å². The molecule has 1 fully saturated rings. The van der Waals surface area contributed by atoms with Crippen molar-refractivity contribution >= 4 is 18.1 Å². The third kappa shape index (κ3) is 2.65. The Morgan fingerprint density at radius 1 is 1.16 bits per heavy atom. The van der Waals surface area contributed by atoms with E-state index < -0.39 is 0 Å². The number of nitrogens with zero attached hydrogens (tertiary/aromatic N) is 2. The van der Waals surface area contributed by atoms with E-state index in [4.69, 9.17) is 0 Å². The van der Waals surface area contributed by atoms with Crippen LogP contribution in [0.15, 0.2) is 42.6 Å². The third-order valence-corrected chi connectivity index (χ3v) is 3.54. The molecule has 96 valence electrons. The van der Waals surface area contributed by atoms with E-state index in [1.807, 2.05) is 48.6 Å². The highest BCUT2D eigenvalue weighted by molar-refractivity contribution is 5.81. The van der Waals surface area contributed by atoms with Crippen LogP contribution in [0.25, 0.3) is 12.2 Å². The van der Waals surface area contributed by atoms with Crippen molar-refractivity contribution in [3.8, 4) is 0 Å². The quantitative estimate of drug-likeness (QED) is 0.838. The van der Waals surface area contributed by atoms with Gasteiger partial charge in [-0.1, -0.05) is 42.8 Å².